The molecule has 1 aliphatic rings. The minimum atomic E-state index is 0.446. The van der Waals surface area contributed by atoms with Crippen LogP contribution in [0.4, 0.5) is 0 Å². The van der Waals surface area contributed by atoms with Crippen molar-refractivity contribution in [3.8, 4) is 11.4 Å². The van der Waals surface area contributed by atoms with Crippen molar-refractivity contribution in [2.24, 2.45) is 0 Å². The molecule has 0 aliphatic carbocycles. The normalized spacial score (nSPS) is 18.0. The number of halogens is 3. The lowest BCUT2D eigenvalue weighted by Crippen LogP contribution is -2.23. The van der Waals surface area contributed by atoms with E-state index in [1.54, 1.807) is 10.7 Å². The highest BCUT2D eigenvalue weighted by Gasteiger charge is 2.22. The van der Waals surface area contributed by atoms with Crippen LogP contribution in [0.1, 0.15) is 36.3 Å². The lowest BCUT2D eigenvalue weighted by Gasteiger charge is -2.23. The largest absolute Gasteiger partial charge is 0.306 e. The number of benzene rings is 2. The molecule has 0 saturated carbocycles. The van der Waals surface area contributed by atoms with Crippen LogP contribution >= 0.6 is 34.8 Å². The molecule has 1 unspecified atom stereocenters. The van der Waals surface area contributed by atoms with Crippen LogP contribution in [-0.2, 0) is 6.54 Å². The van der Waals surface area contributed by atoms with Gasteiger partial charge in [0, 0.05) is 17.1 Å². The second-order valence-electron chi connectivity index (χ2n) is 7.56. The maximum atomic E-state index is 6.40. The van der Waals surface area contributed by atoms with Gasteiger partial charge in [0.25, 0.3) is 0 Å². The summed E-state index contributed by atoms with van der Waals surface area (Å²) < 4.78 is 1.76. The molecule has 1 aliphatic heterocycles. The minimum absolute atomic E-state index is 0.446. The van der Waals surface area contributed by atoms with Gasteiger partial charge in [0.15, 0.2) is 5.82 Å². The lowest BCUT2D eigenvalue weighted by atomic mass is 9.90. The molecule has 8 heteroatoms. The second-order valence-corrected chi connectivity index (χ2v) is 8.78. The van der Waals surface area contributed by atoms with E-state index in [1.165, 1.54) is 24.8 Å². The van der Waals surface area contributed by atoms with Crippen molar-refractivity contribution < 1.29 is 0 Å². The fourth-order valence-electron chi connectivity index (χ4n) is 4.04. The van der Waals surface area contributed by atoms with Crippen LogP contribution in [0.15, 0.2) is 36.4 Å². The summed E-state index contributed by atoms with van der Waals surface area (Å²) in [6, 6.07) is 11.6. The van der Waals surface area contributed by atoms with Crippen molar-refractivity contribution in [3.63, 3.8) is 0 Å². The smallest absolute Gasteiger partial charge is 0.183 e. The second kappa shape index (κ2) is 9.00. The van der Waals surface area contributed by atoms with Crippen LogP contribution in [0.3, 0.4) is 0 Å². The zero-order chi connectivity index (χ0) is 20.4. The van der Waals surface area contributed by atoms with Gasteiger partial charge in [0.2, 0.25) is 0 Å². The molecule has 0 amide bonds. The summed E-state index contributed by atoms with van der Waals surface area (Å²) in [7, 11) is 2.19. The Hall–Kier alpha value is -1.66. The van der Waals surface area contributed by atoms with Crippen molar-refractivity contribution in [1.82, 2.24) is 25.1 Å². The van der Waals surface area contributed by atoms with Gasteiger partial charge in [0.1, 0.15) is 0 Å². The Balaban J connectivity index is 1.70. The molecule has 29 heavy (non-hydrogen) atoms. The predicted octanol–water partition coefficient (Wildman–Crippen LogP) is 5.55. The summed E-state index contributed by atoms with van der Waals surface area (Å²) in [6.07, 6.45) is 3.63. The van der Waals surface area contributed by atoms with Gasteiger partial charge in [-0.1, -0.05) is 53.4 Å². The Kier molecular flexibility index (Phi) is 6.40. The summed E-state index contributed by atoms with van der Waals surface area (Å²) in [5.74, 6) is 1.05. The Bertz CT molecular complexity index is 1000. The molecule has 1 aromatic heterocycles. The van der Waals surface area contributed by atoms with Gasteiger partial charge in [0.05, 0.1) is 16.6 Å². The predicted molar refractivity (Wildman–Crippen MR) is 118 cm³/mol. The number of likely N-dealkylation sites (tertiary alicyclic amines) is 1. The van der Waals surface area contributed by atoms with Gasteiger partial charge in [-0.25, -0.2) is 4.68 Å². The lowest BCUT2D eigenvalue weighted by molar-refractivity contribution is 0.332. The quantitative estimate of drug-likeness (QED) is 0.523. The SMILES string of the molecule is CN1CCCCC(c2ccc(Cl)cc2Cn2nnnc2-c2cccc(Cl)c2Cl)C1. The van der Waals surface area contributed by atoms with Gasteiger partial charge in [-0.2, -0.15) is 0 Å². The summed E-state index contributed by atoms with van der Waals surface area (Å²) in [5, 5.41) is 13.9. The summed E-state index contributed by atoms with van der Waals surface area (Å²) in [4.78, 5) is 2.41. The maximum Gasteiger partial charge on any atom is 0.183 e. The first-order valence-electron chi connectivity index (χ1n) is 9.70. The highest BCUT2D eigenvalue weighted by molar-refractivity contribution is 6.43. The van der Waals surface area contributed by atoms with Crippen molar-refractivity contribution in [2.45, 2.75) is 31.7 Å². The van der Waals surface area contributed by atoms with Crippen LogP contribution in [-0.4, -0.2) is 45.2 Å². The Morgan fingerprint density at radius 3 is 2.83 bits per heavy atom. The molecule has 1 saturated heterocycles. The molecule has 0 N–H and O–H groups in total. The van der Waals surface area contributed by atoms with Gasteiger partial charge >= 0.3 is 0 Å². The van der Waals surface area contributed by atoms with Crippen LogP contribution in [0.5, 0.6) is 0 Å². The summed E-state index contributed by atoms with van der Waals surface area (Å²) in [5.41, 5.74) is 3.15. The van der Waals surface area contributed by atoms with E-state index in [2.05, 4.69) is 33.5 Å². The van der Waals surface area contributed by atoms with E-state index < -0.39 is 0 Å². The topological polar surface area (TPSA) is 46.8 Å². The molecule has 4 rings (SSSR count). The maximum absolute atomic E-state index is 6.40. The van der Waals surface area contributed by atoms with E-state index in [0.29, 0.717) is 38.9 Å². The highest BCUT2D eigenvalue weighted by Crippen LogP contribution is 2.34. The summed E-state index contributed by atoms with van der Waals surface area (Å²) in [6.45, 7) is 2.70. The van der Waals surface area contributed by atoms with E-state index in [9.17, 15) is 0 Å². The first kappa shape index (κ1) is 20.6. The third-order valence-corrected chi connectivity index (χ3v) is 6.52. The van der Waals surface area contributed by atoms with Crippen LogP contribution in [0.2, 0.25) is 15.1 Å². The number of likely N-dealkylation sites (N-methyl/N-ethyl adjacent to an activating group) is 1. The van der Waals surface area contributed by atoms with E-state index in [-0.39, 0.29) is 0 Å². The van der Waals surface area contributed by atoms with Gasteiger partial charge in [-0.15, -0.1) is 5.10 Å². The monoisotopic (exact) mass is 449 g/mol. The Labute approximate surface area is 185 Å². The third-order valence-electron chi connectivity index (χ3n) is 5.46. The molecule has 5 nitrogen and oxygen atoms in total. The molecule has 0 bridgehead atoms. The van der Waals surface area contributed by atoms with E-state index in [4.69, 9.17) is 34.8 Å². The van der Waals surface area contributed by atoms with Crippen LogP contribution < -0.4 is 0 Å². The number of hydrogen-bond donors (Lipinski definition) is 0. The number of hydrogen-bond acceptors (Lipinski definition) is 4. The number of rotatable bonds is 4. The fraction of sp³-hybridized carbons (Fsp3) is 0.381. The van der Waals surface area contributed by atoms with Crippen LogP contribution in [0.25, 0.3) is 11.4 Å². The van der Waals surface area contributed by atoms with E-state index in [1.807, 2.05) is 24.3 Å². The molecule has 3 aromatic rings. The number of aromatic nitrogens is 4. The molecule has 0 spiro atoms. The zero-order valence-corrected chi connectivity index (χ0v) is 18.4. The van der Waals surface area contributed by atoms with Crippen molar-refractivity contribution in [3.05, 3.63) is 62.6 Å². The average molecular weight is 451 g/mol. The molecule has 1 fully saturated rings. The van der Waals surface area contributed by atoms with Crippen molar-refractivity contribution in [2.75, 3.05) is 20.1 Å². The van der Waals surface area contributed by atoms with Gasteiger partial charge in [-0.3, -0.25) is 0 Å². The van der Waals surface area contributed by atoms with Crippen molar-refractivity contribution >= 4 is 34.8 Å². The molecular weight excluding hydrogens is 429 g/mol. The first-order valence-corrected chi connectivity index (χ1v) is 10.8. The Morgan fingerprint density at radius 2 is 1.97 bits per heavy atom. The third kappa shape index (κ3) is 4.58. The molecule has 0 radical (unpaired) electrons. The van der Waals surface area contributed by atoms with Crippen LogP contribution in [0, 0.1) is 0 Å². The average Bonchev–Trinajstić information content (AvgIpc) is 3.03. The zero-order valence-electron chi connectivity index (χ0n) is 16.2. The van der Waals surface area contributed by atoms with Crippen molar-refractivity contribution in [1.29, 1.82) is 0 Å². The van der Waals surface area contributed by atoms with E-state index >= 15 is 0 Å². The first-order chi connectivity index (χ1) is 14.0. The molecule has 1 atom stereocenters. The van der Waals surface area contributed by atoms with Gasteiger partial charge < -0.3 is 4.90 Å². The summed E-state index contributed by atoms with van der Waals surface area (Å²) >= 11 is 18.9. The van der Waals surface area contributed by atoms with E-state index in [0.717, 1.165) is 18.7 Å². The standard InChI is InChI=1S/C21H22Cl3N5/c1-28-10-3-2-5-14(12-28)17-9-8-16(22)11-15(17)13-29-21(25-26-27-29)18-6-4-7-19(23)20(18)24/h4,6-9,11,14H,2-3,5,10,12-13H2,1H3. The number of tetrazole rings is 1. The minimum Gasteiger partial charge on any atom is -0.306 e. The highest BCUT2D eigenvalue weighted by atomic mass is 35.5. The molecule has 152 valence electrons. The fourth-order valence-corrected chi connectivity index (χ4v) is 4.62. The van der Waals surface area contributed by atoms with Gasteiger partial charge in [-0.05, 0) is 78.2 Å². The molecule has 2 heterocycles. The molecular formula is C21H22Cl3N5. The Morgan fingerprint density at radius 1 is 1.10 bits per heavy atom. The number of nitrogens with zero attached hydrogens (tertiary/aromatic N) is 5. The molecule has 2 aromatic carbocycles.